The molecule has 0 spiro atoms. The van der Waals surface area contributed by atoms with E-state index in [1.807, 2.05) is 6.92 Å². The third-order valence-corrected chi connectivity index (χ3v) is 4.00. The highest BCUT2D eigenvalue weighted by Crippen LogP contribution is 2.26. The highest BCUT2D eigenvalue weighted by Gasteiger charge is 2.30. The molecule has 0 aliphatic heterocycles. The van der Waals surface area contributed by atoms with Crippen molar-refractivity contribution in [2.24, 2.45) is 0 Å². The van der Waals surface area contributed by atoms with Gasteiger partial charge in [0, 0.05) is 6.04 Å². The molecule has 2 nitrogen and oxygen atoms in total. The molecule has 0 heterocycles. The zero-order valence-corrected chi connectivity index (χ0v) is 11.3. The van der Waals surface area contributed by atoms with E-state index in [0.29, 0.717) is 11.6 Å². The topological polar surface area (TPSA) is 32.3 Å². The van der Waals surface area contributed by atoms with Crippen LogP contribution in [0, 0.1) is 11.6 Å². The zero-order chi connectivity index (χ0) is 13.9. The number of hydrogen-bond acceptors (Lipinski definition) is 2. The minimum absolute atomic E-state index is 0.144. The van der Waals surface area contributed by atoms with Crippen LogP contribution < -0.4 is 5.32 Å². The second-order valence-electron chi connectivity index (χ2n) is 5.60. The maximum Gasteiger partial charge on any atom is 0.159 e. The normalized spacial score (nSPS) is 20.2. The summed E-state index contributed by atoms with van der Waals surface area (Å²) in [5.74, 6) is -1.73. The summed E-state index contributed by atoms with van der Waals surface area (Å²) in [6.07, 6.45) is 5.74. The van der Waals surface area contributed by atoms with Gasteiger partial charge in [-0.1, -0.05) is 25.3 Å². The molecule has 0 aromatic heterocycles. The maximum atomic E-state index is 13.3. The van der Waals surface area contributed by atoms with Crippen LogP contribution in [0.15, 0.2) is 18.2 Å². The van der Waals surface area contributed by atoms with Crippen molar-refractivity contribution in [1.82, 2.24) is 5.32 Å². The second kappa shape index (κ2) is 5.97. The van der Waals surface area contributed by atoms with Crippen LogP contribution in [-0.4, -0.2) is 17.8 Å². The predicted octanol–water partition coefficient (Wildman–Crippen LogP) is 3.09. The Labute approximate surface area is 112 Å². The number of aliphatic hydroxyl groups excluding tert-OH is 1. The highest BCUT2D eigenvalue weighted by molar-refractivity contribution is 5.25. The van der Waals surface area contributed by atoms with Crippen molar-refractivity contribution in [3.05, 3.63) is 35.4 Å². The molecule has 1 aliphatic carbocycles. The number of benzene rings is 1. The first-order chi connectivity index (χ1) is 9.05. The van der Waals surface area contributed by atoms with E-state index >= 15 is 0 Å². The van der Waals surface area contributed by atoms with Gasteiger partial charge in [-0.2, -0.15) is 0 Å². The van der Waals surface area contributed by atoms with Crippen LogP contribution in [0.5, 0.6) is 0 Å². The largest absolute Gasteiger partial charge is 0.394 e. The van der Waals surface area contributed by atoms with E-state index in [4.69, 9.17) is 0 Å². The van der Waals surface area contributed by atoms with Crippen LogP contribution >= 0.6 is 0 Å². The molecule has 4 heteroatoms. The van der Waals surface area contributed by atoms with Gasteiger partial charge in [-0.25, -0.2) is 8.78 Å². The lowest BCUT2D eigenvalue weighted by Crippen LogP contribution is -2.49. The molecule has 0 saturated heterocycles. The van der Waals surface area contributed by atoms with Crippen molar-refractivity contribution >= 4 is 0 Å². The molecular formula is C15H21F2NO. The summed E-state index contributed by atoms with van der Waals surface area (Å²) < 4.78 is 26.3. The highest BCUT2D eigenvalue weighted by atomic mass is 19.2. The predicted molar refractivity (Wildman–Crippen MR) is 70.8 cm³/mol. The summed E-state index contributed by atoms with van der Waals surface area (Å²) in [5, 5.41) is 13.1. The molecule has 2 rings (SSSR count). The molecular weight excluding hydrogens is 248 g/mol. The molecule has 1 aliphatic rings. The van der Waals surface area contributed by atoms with E-state index in [0.717, 1.165) is 18.9 Å². The van der Waals surface area contributed by atoms with Crippen molar-refractivity contribution in [3.63, 3.8) is 0 Å². The van der Waals surface area contributed by atoms with E-state index in [2.05, 4.69) is 5.32 Å². The molecule has 0 amide bonds. The number of aliphatic hydroxyl groups is 1. The summed E-state index contributed by atoms with van der Waals surface area (Å²) >= 11 is 0. The molecule has 1 atom stereocenters. The summed E-state index contributed by atoms with van der Waals surface area (Å²) in [4.78, 5) is 0. The summed E-state index contributed by atoms with van der Waals surface area (Å²) in [7, 11) is 0. The van der Waals surface area contributed by atoms with Gasteiger partial charge >= 0.3 is 0 Å². The van der Waals surface area contributed by atoms with E-state index in [1.54, 1.807) is 0 Å². The lowest BCUT2D eigenvalue weighted by atomic mass is 9.88. The van der Waals surface area contributed by atoms with E-state index in [9.17, 15) is 13.9 Å². The number of hydrogen-bond donors (Lipinski definition) is 2. The van der Waals surface area contributed by atoms with Gasteiger partial charge in [-0.15, -0.1) is 0 Å². The SMILES string of the molecule is CC(CO)(NC1CCCCC1)c1ccc(F)c(F)c1. The minimum Gasteiger partial charge on any atom is -0.394 e. The van der Waals surface area contributed by atoms with Crippen molar-refractivity contribution in [1.29, 1.82) is 0 Å². The zero-order valence-electron chi connectivity index (χ0n) is 11.3. The maximum absolute atomic E-state index is 13.3. The first-order valence-corrected chi connectivity index (χ1v) is 6.89. The second-order valence-corrected chi connectivity index (χ2v) is 5.60. The fraction of sp³-hybridized carbons (Fsp3) is 0.600. The standard InChI is InChI=1S/C15H21F2NO/c1-15(10-19,18-12-5-3-2-4-6-12)11-7-8-13(16)14(17)9-11/h7-9,12,18-19H,2-6,10H2,1H3. The van der Waals surface area contributed by atoms with Gasteiger partial charge in [0.2, 0.25) is 0 Å². The quantitative estimate of drug-likeness (QED) is 0.880. The van der Waals surface area contributed by atoms with Gasteiger partial charge < -0.3 is 10.4 Å². The van der Waals surface area contributed by atoms with Gasteiger partial charge in [0.15, 0.2) is 11.6 Å². The third-order valence-electron chi connectivity index (χ3n) is 4.00. The van der Waals surface area contributed by atoms with Crippen LogP contribution in [-0.2, 0) is 5.54 Å². The van der Waals surface area contributed by atoms with Crippen LogP contribution in [0.3, 0.4) is 0 Å². The average Bonchev–Trinajstić information content (AvgIpc) is 2.43. The van der Waals surface area contributed by atoms with Crippen molar-refractivity contribution < 1.29 is 13.9 Å². The Morgan fingerprint density at radius 3 is 2.47 bits per heavy atom. The first kappa shape index (κ1) is 14.4. The Kier molecular flexibility index (Phi) is 4.53. The molecule has 19 heavy (non-hydrogen) atoms. The lowest BCUT2D eigenvalue weighted by molar-refractivity contribution is 0.150. The van der Waals surface area contributed by atoms with E-state index in [1.165, 1.54) is 31.4 Å². The third kappa shape index (κ3) is 3.31. The Balaban J connectivity index is 2.17. The molecule has 1 unspecified atom stereocenters. The minimum atomic E-state index is -0.873. The van der Waals surface area contributed by atoms with Crippen LogP contribution in [0.4, 0.5) is 8.78 Å². The van der Waals surface area contributed by atoms with Gasteiger partial charge in [0.1, 0.15) is 0 Å². The smallest absolute Gasteiger partial charge is 0.159 e. The van der Waals surface area contributed by atoms with Crippen LogP contribution in [0.2, 0.25) is 0 Å². The monoisotopic (exact) mass is 269 g/mol. The molecule has 1 aromatic rings. The van der Waals surface area contributed by atoms with Crippen LogP contribution in [0.25, 0.3) is 0 Å². The molecule has 0 bridgehead atoms. The summed E-state index contributed by atoms with van der Waals surface area (Å²) in [6.45, 7) is 1.68. The molecule has 1 aromatic carbocycles. The molecule has 0 radical (unpaired) electrons. The van der Waals surface area contributed by atoms with Gasteiger partial charge in [-0.05, 0) is 37.5 Å². The van der Waals surface area contributed by atoms with Crippen molar-refractivity contribution in [2.45, 2.75) is 50.6 Å². The summed E-state index contributed by atoms with van der Waals surface area (Å²) in [6, 6.07) is 4.14. The molecule has 2 N–H and O–H groups in total. The number of rotatable bonds is 4. The molecule has 106 valence electrons. The average molecular weight is 269 g/mol. The van der Waals surface area contributed by atoms with Crippen molar-refractivity contribution in [3.8, 4) is 0 Å². The van der Waals surface area contributed by atoms with Crippen LogP contribution in [0.1, 0.15) is 44.6 Å². The van der Waals surface area contributed by atoms with E-state index in [-0.39, 0.29) is 6.61 Å². The number of nitrogens with one attached hydrogen (secondary N) is 1. The summed E-state index contributed by atoms with van der Waals surface area (Å²) in [5.41, 5.74) is -0.143. The van der Waals surface area contributed by atoms with E-state index < -0.39 is 17.2 Å². The fourth-order valence-electron chi connectivity index (χ4n) is 2.76. The van der Waals surface area contributed by atoms with Gasteiger partial charge in [0.25, 0.3) is 0 Å². The Hall–Kier alpha value is -1.00. The number of halogens is 2. The van der Waals surface area contributed by atoms with Gasteiger partial charge in [0.05, 0.1) is 12.1 Å². The van der Waals surface area contributed by atoms with Gasteiger partial charge in [-0.3, -0.25) is 0 Å². The van der Waals surface area contributed by atoms with Crippen molar-refractivity contribution in [2.75, 3.05) is 6.61 Å². The lowest BCUT2D eigenvalue weighted by Gasteiger charge is -2.36. The molecule has 1 fully saturated rings. The fourth-order valence-corrected chi connectivity index (χ4v) is 2.76. The first-order valence-electron chi connectivity index (χ1n) is 6.89. The molecule has 1 saturated carbocycles. The Bertz CT molecular complexity index is 432. The Morgan fingerprint density at radius 2 is 1.89 bits per heavy atom. The Morgan fingerprint density at radius 1 is 1.21 bits per heavy atom.